The number of halogens is 1. The van der Waals surface area contributed by atoms with Crippen LogP contribution in [-0.4, -0.2) is 50.7 Å². The zero-order valence-corrected chi connectivity index (χ0v) is 13.5. The van der Waals surface area contributed by atoms with Crippen molar-refractivity contribution >= 4 is 15.9 Å². The predicted octanol–water partition coefficient (Wildman–Crippen LogP) is 1.56. The number of hydrogen-bond acceptors (Lipinski definition) is 3. The van der Waals surface area contributed by atoms with E-state index in [4.69, 9.17) is 0 Å². The molecule has 1 amide bonds. The Labute approximate surface area is 125 Å². The molecule has 1 rings (SSSR count). The van der Waals surface area contributed by atoms with Crippen LogP contribution in [0.25, 0.3) is 0 Å². The van der Waals surface area contributed by atoms with Gasteiger partial charge < -0.3 is 4.90 Å². The third-order valence-corrected chi connectivity index (χ3v) is 4.76. The molecule has 5 nitrogen and oxygen atoms in total. The van der Waals surface area contributed by atoms with E-state index in [9.17, 15) is 17.6 Å². The molecule has 118 valence electrons. The SMILES string of the molecule is CC(C)CN(C)C(=O)CN(C)S(=O)(=O)c1ccc(F)cc1. The Morgan fingerprint density at radius 2 is 1.71 bits per heavy atom. The van der Waals surface area contributed by atoms with Crippen molar-refractivity contribution in [3.05, 3.63) is 30.1 Å². The van der Waals surface area contributed by atoms with E-state index in [1.54, 1.807) is 7.05 Å². The third-order valence-electron chi connectivity index (χ3n) is 2.94. The lowest BCUT2D eigenvalue weighted by Crippen LogP contribution is -2.40. The fraction of sp³-hybridized carbons (Fsp3) is 0.500. The Morgan fingerprint density at radius 1 is 1.19 bits per heavy atom. The monoisotopic (exact) mass is 316 g/mol. The van der Waals surface area contributed by atoms with Gasteiger partial charge in [0.2, 0.25) is 15.9 Å². The maximum atomic E-state index is 12.8. The first-order chi connectivity index (χ1) is 9.64. The first-order valence-electron chi connectivity index (χ1n) is 6.60. The highest BCUT2D eigenvalue weighted by molar-refractivity contribution is 7.89. The van der Waals surface area contributed by atoms with Gasteiger partial charge in [-0.15, -0.1) is 0 Å². The number of benzene rings is 1. The second-order valence-corrected chi connectivity index (χ2v) is 7.43. The number of carbonyl (C=O) groups excluding carboxylic acids is 1. The minimum absolute atomic E-state index is 0.0364. The van der Waals surface area contributed by atoms with Crippen molar-refractivity contribution in [1.82, 2.24) is 9.21 Å². The molecule has 7 heteroatoms. The molecule has 0 aliphatic rings. The molecule has 0 radical (unpaired) electrons. The number of hydrogen-bond donors (Lipinski definition) is 0. The van der Waals surface area contributed by atoms with Crippen LogP contribution in [0.1, 0.15) is 13.8 Å². The maximum Gasteiger partial charge on any atom is 0.243 e. The number of carbonyl (C=O) groups is 1. The van der Waals surface area contributed by atoms with Crippen molar-refractivity contribution in [3.63, 3.8) is 0 Å². The summed E-state index contributed by atoms with van der Waals surface area (Å²) in [6.07, 6.45) is 0. The van der Waals surface area contributed by atoms with Gasteiger partial charge in [-0.25, -0.2) is 12.8 Å². The first kappa shape index (κ1) is 17.6. The van der Waals surface area contributed by atoms with E-state index in [-0.39, 0.29) is 17.3 Å². The summed E-state index contributed by atoms with van der Waals surface area (Å²) in [5.74, 6) is -0.487. The second kappa shape index (κ2) is 7.00. The first-order valence-corrected chi connectivity index (χ1v) is 8.04. The lowest BCUT2D eigenvalue weighted by Gasteiger charge is -2.23. The van der Waals surface area contributed by atoms with E-state index >= 15 is 0 Å². The van der Waals surface area contributed by atoms with Crippen LogP contribution < -0.4 is 0 Å². The van der Waals surface area contributed by atoms with Crippen LogP contribution in [0.15, 0.2) is 29.2 Å². The second-order valence-electron chi connectivity index (χ2n) is 5.38. The van der Waals surface area contributed by atoms with Crippen LogP contribution in [0.5, 0.6) is 0 Å². The average molecular weight is 316 g/mol. The van der Waals surface area contributed by atoms with Crippen LogP contribution in [0.4, 0.5) is 4.39 Å². The molecule has 0 aliphatic heterocycles. The van der Waals surface area contributed by atoms with Crippen LogP contribution in [0.3, 0.4) is 0 Å². The van der Waals surface area contributed by atoms with Crippen molar-refractivity contribution in [2.75, 3.05) is 27.2 Å². The summed E-state index contributed by atoms with van der Waals surface area (Å²) < 4.78 is 38.3. The Kier molecular flexibility index (Phi) is 5.86. The van der Waals surface area contributed by atoms with Crippen molar-refractivity contribution < 1.29 is 17.6 Å². The molecule has 0 heterocycles. The zero-order valence-electron chi connectivity index (χ0n) is 12.7. The molecule has 0 N–H and O–H groups in total. The normalized spacial score (nSPS) is 12.0. The van der Waals surface area contributed by atoms with Crippen LogP contribution >= 0.6 is 0 Å². The van der Waals surface area contributed by atoms with E-state index in [0.717, 1.165) is 16.4 Å². The minimum atomic E-state index is -3.79. The van der Waals surface area contributed by atoms with Crippen molar-refractivity contribution in [2.45, 2.75) is 18.7 Å². The van der Waals surface area contributed by atoms with Crippen molar-refractivity contribution in [1.29, 1.82) is 0 Å². The largest absolute Gasteiger partial charge is 0.344 e. The zero-order chi connectivity index (χ0) is 16.2. The van der Waals surface area contributed by atoms with E-state index in [2.05, 4.69) is 0 Å². The Morgan fingerprint density at radius 3 is 2.19 bits per heavy atom. The van der Waals surface area contributed by atoms with E-state index in [1.165, 1.54) is 24.1 Å². The van der Waals surface area contributed by atoms with Gasteiger partial charge >= 0.3 is 0 Å². The van der Waals surface area contributed by atoms with Crippen LogP contribution in [0, 0.1) is 11.7 Å². The van der Waals surface area contributed by atoms with Gasteiger partial charge in [0.1, 0.15) is 5.82 Å². The number of sulfonamides is 1. The molecule has 0 aliphatic carbocycles. The summed E-state index contributed by atoms with van der Waals surface area (Å²) in [5.41, 5.74) is 0. The molecule has 1 aromatic rings. The van der Waals surface area contributed by atoms with Gasteiger partial charge in [0.05, 0.1) is 11.4 Å². The van der Waals surface area contributed by atoms with Crippen molar-refractivity contribution in [3.8, 4) is 0 Å². The third kappa shape index (κ3) is 4.78. The van der Waals surface area contributed by atoms with Crippen molar-refractivity contribution in [2.24, 2.45) is 5.92 Å². The van der Waals surface area contributed by atoms with Gasteiger partial charge in [-0.3, -0.25) is 4.79 Å². The lowest BCUT2D eigenvalue weighted by atomic mass is 10.2. The average Bonchev–Trinajstić information content (AvgIpc) is 2.38. The van der Waals surface area contributed by atoms with Crippen LogP contribution in [0.2, 0.25) is 0 Å². The van der Waals surface area contributed by atoms with Gasteiger partial charge in [-0.05, 0) is 30.2 Å². The quantitative estimate of drug-likeness (QED) is 0.800. The number of rotatable bonds is 6. The Balaban J connectivity index is 2.80. The molecular weight excluding hydrogens is 295 g/mol. The standard InChI is InChI=1S/C14H21FN2O3S/c1-11(2)9-16(3)14(18)10-17(4)21(19,20)13-7-5-12(15)6-8-13/h5-8,11H,9-10H2,1-4H3. The molecule has 0 fully saturated rings. The molecule has 0 atom stereocenters. The lowest BCUT2D eigenvalue weighted by molar-refractivity contribution is -0.130. The Bertz CT molecular complexity index is 585. The van der Waals surface area contributed by atoms with Crippen LogP contribution in [-0.2, 0) is 14.8 Å². The summed E-state index contributed by atoms with van der Waals surface area (Å²) >= 11 is 0. The summed E-state index contributed by atoms with van der Waals surface area (Å²) in [4.78, 5) is 13.4. The topological polar surface area (TPSA) is 57.7 Å². The summed E-state index contributed by atoms with van der Waals surface area (Å²) in [5, 5.41) is 0. The molecule has 0 spiro atoms. The van der Waals surface area contributed by atoms with E-state index < -0.39 is 15.8 Å². The van der Waals surface area contributed by atoms with E-state index in [1.807, 2.05) is 13.8 Å². The Hall–Kier alpha value is -1.47. The maximum absolute atomic E-state index is 12.8. The predicted molar refractivity (Wildman–Crippen MR) is 78.7 cm³/mol. The fourth-order valence-electron chi connectivity index (χ4n) is 1.83. The molecule has 0 unspecified atom stereocenters. The highest BCUT2D eigenvalue weighted by atomic mass is 32.2. The summed E-state index contributed by atoms with van der Waals surface area (Å²) in [7, 11) is -0.821. The number of nitrogens with zero attached hydrogens (tertiary/aromatic N) is 2. The minimum Gasteiger partial charge on any atom is -0.344 e. The molecular formula is C14H21FN2O3S. The smallest absolute Gasteiger partial charge is 0.243 e. The molecule has 0 saturated carbocycles. The highest BCUT2D eigenvalue weighted by Crippen LogP contribution is 2.14. The van der Waals surface area contributed by atoms with Gasteiger partial charge in [0, 0.05) is 20.6 Å². The molecule has 21 heavy (non-hydrogen) atoms. The highest BCUT2D eigenvalue weighted by Gasteiger charge is 2.24. The van der Waals surface area contributed by atoms with Gasteiger partial charge in [-0.1, -0.05) is 13.8 Å². The fourth-order valence-corrected chi connectivity index (χ4v) is 2.95. The number of likely N-dealkylation sites (N-methyl/N-ethyl adjacent to an activating group) is 2. The molecule has 0 saturated heterocycles. The van der Waals surface area contributed by atoms with Gasteiger partial charge in [-0.2, -0.15) is 4.31 Å². The summed E-state index contributed by atoms with van der Waals surface area (Å²) in [6, 6.07) is 4.52. The van der Waals surface area contributed by atoms with E-state index in [0.29, 0.717) is 12.5 Å². The van der Waals surface area contributed by atoms with Gasteiger partial charge in [0.25, 0.3) is 0 Å². The number of amides is 1. The molecule has 1 aromatic carbocycles. The molecule has 0 aromatic heterocycles. The summed E-state index contributed by atoms with van der Waals surface area (Å²) in [6.45, 7) is 4.26. The van der Waals surface area contributed by atoms with Gasteiger partial charge in [0.15, 0.2) is 0 Å². The molecule has 0 bridgehead atoms.